The number of esters is 1. The second kappa shape index (κ2) is 7.77. The van der Waals surface area contributed by atoms with Gasteiger partial charge in [0, 0.05) is 11.8 Å². The van der Waals surface area contributed by atoms with Crippen LogP contribution < -0.4 is 19.5 Å². The van der Waals surface area contributed by atoms with E-state index in [1.165, 1.54) is 6.92 Å². The third-order valence-electron chi connectivity index (χ3n) is 3.77. The van der Waals surface area contributed by atoms with Crippen molar-refractivity contribution in [3.05, 3.63) is 48.0 Å². The number of benzene rings is 2. The number of fused-ring (bicyclic) bond motifs is 1. The summed E-state index contributed by atoms with van der Waals surface area (Å²) in [6.45, 7) is 2.40. The molecule has 0 saturated carbocycles. The van der Waals surface area contributed by atoms with Crippen molar-refractivity contribution in [1.82, 2.24) is 0 Å². The summed E-state index contributed by atoms with van der Waals surface area (Å²) >= 11 is 0. The van der Waals surface area contributed by atoms with Crippen molar-refractivity contribution in [2.45, 2.75) is 13.0 Å². The molecule has 2 aromatic carbocycles. The average molecular weight is 357 g/mol. The highest BCUT2D eigenvalue weighted by Gasteiger charge is 2.21. The molecule has 0 radical (unpaired) electrons. The standard InChI is InChI=1S/C19H19NO6/c1-12(18(21)20-14-4-3-5-15(11-14)23-2)26-19(22)13-6-7-16-17(10-13)25-9-8-24-16/h3-7,10-12H,8-9H2,1-2H3,(H,20,21)/t12-/m1/s1. The van der Waals surface area contributed by atoms with Crippen molar-refractivity contribution in [3.8, 4) is 17.2 Å². The molecule has 1 aliphatic heterocycles. The molecule has 2 aromatic rings. The summed E-state index contributed by atoms with van der Waals surface area (Å²) in [5.41, 5.74) is 0.840. The third kappa shape index (κ3) is 4.05. The van der Waals surface area contributed by atoms with E-state index in [1.54, 1.807) is 49.6 Å². The Labute approximate surface area is 150 Å². The maximum Gasteiger partial charge on any atom is 0.339 e. The minimum Gasteiger partial charge on any atom is -0.497 e. The lowest BCUT2D eigenvalue weighted by atomic mass is 10.2. The number of amides is 1. The SMILES string of the molecule is COc1cccc(NC(=O)[C@@H](C)OC(=O)c2ccc3c(c2)OCCO3)c1. The van der Waals surface area contributed by atoms with Gasteiger partial charge < -0.3 is 24.3 Å². The Morgan fingerprint density at radius 1 is 1.08 bits per heavy atom. The maximum absolute atomic E-state index is 12.3. The number of carbonyl (C=O) groups excluding carboxylic acids is 2. The summed E-state index contributed by atoms with van der Waals surface area (Å²) < 4.78 is 21.2. The highest BCUT2D eigenvalue weighted by Crippen LogP contribution is 2.31. The molecule has 0 aromatic heterocycles. The monoisotopic (exact) mass is 357 g/mol. The van der Waals surface area contributed by atoms with Crippen molar-refractivity contribution in [3.63, 3.8) is 0 Å². The summed E-state index contributed by atoms with van der Waals surface area (Å²) in [5.74, 6) is 0.624. The van der Waals surface area contributed by atoms with Gasteiger partial charge in [-0.05, 0) is 37.3 Å². The lowest BCUT2D eigenvalue weighted by Crippen LogP contribution is -2.30. The second-order valence-electron chi connectivity index (χ2n) is 5.63. The van der Waals surface area contributed by atoms with Crippen LogP contribution in [0.25, 0.3) is 0 Å². The predicted molar refractivity (Wildman–Crippen MR) is 93.9 cm³/mol. The Morgan fingerprint density at radius 2 is 1.85 bits per heavy atom. The minimum absolute atomic E-state index is 0.287. The van der Waals surface area contributed by atoms with Gasteiger partial charge in [0.15, 0.2) is 17.6 Å². The van der Waals surface area contributed by atoms with Crippen LogP contribution in [0.1, 0.15) is 17.3 Å². The van der Waals surface area contributed by atoms with E-state index in [0.717, 1.165) is 0 Å². The van der Waals surface area contributed by atoms with Gasteiger partial charge in [0.2, 0.25) is 0 Å². The van der Waals surface area contributed by atoms with E-state index in [4.69, 9.17) is 18.9 Å². The Hall–Kier alpha value is -3.22. The van der Waals surface area contributed by atoms with Crippen LogP contribution in [-0.4, -0.2) is 38.3 Å². The second-order valence-corrected chi connectivity index (χ2v) is 5.63. The van der Waals surface area contributed by atoms with Gasteiger partial charge in [-0.2, -0.15) is 0 Å². The zero-order valence-corrected chi connectivity index (χ0v) is 14.5. The van der Waals surface area contributed by atoms with E-state index in [2.05, 4.69) is 5.32 Å². The van der Waals surface area contributed by atoms with Crippen LogP contribution in [-0.2, 0) is 9.53 Å². The molecule has 26 heavy (non-hydrogen) atoms. The third-order valence-corrected chi connectivity index (χ3v) is 3.77. The fraction of sp³-hybridized carbons (Fsp3) is 0.263. The molecule has 0 unspecified atom stereocenters. The van der Waals surface area contributed by atoms with Crippen molar-refractivity contribution in [2.24, 2.45) is 0 Å². The largest absolute Gasteiger partial charge is 0.497 e. The molecule has 0 aliphatic carbocycles. The van der Waals surface area contributed by atoms with Gasteiger partial charge in [-0.1, -0.05) is 6.07 Å². The van der Waals surface area contributed by atoms with Crippen LogP contribution in [0.5, 0.6) is 17.2 Å². The molecular weight excluding hydrogens is 338 g/mol. The summed E-state index contributed by atoms with van der Waals surface area (Å²) in [5, 5.41) is 2.68. The average Bonchev–Trinajstić information content (AvgIpc) is 2.67. The number of anilines is 1. The molecule has 136 valence electrons. The Balaban J connectivity index is 1.62. The summed E-state index contributed by atoms with van der Waals surface area (Å²) in [6, 6.07) is 11.7. The normalized spacial score (nSPS) is 13.5. The summed E-state index contributed by atoms with van der Waals surface area (Å²) in [7, 11) is 1.54. The number of carbonyl (C=O) groups is 2. The lowest BCUT2D eigenvalue weighted by molar-refractivity contribution is -0.123. The van der Waals surface area contributed by atoms with Crippen molar-refractivity contribution in [1.29, 1.82) is 0 Å². The van der Waals surface area contributed by atoms with Gasteiger partial charge in [-0.15, -0.1) is 0 Å². The van der Waals surface area contributed by atoms with Crippen LogP contribution in [0.15, 0.2) is 42.5 Å². The van der Waals surface area contributed by atoms with Gasteiger partial charge >= 0.3 is 5.97 Å². The van der Waals surface area contributed by atoms with Gasteiger partial charge in [-0.25, -0.2) is 4.79 Å². The molecule has 1 aliphatic rings. The lowest BCUT2D eigenvalue weighted by Gasteiger charge is -2.19. The van der Waals surface area contributed by atoms with Crippen molar-refractivity contribution < 1.29 is 28.5 Å². The van der Waals surface area contributed by atoms with Crippen LogP contribution in [0, 0.1) is 0 Å². The van der Waals surface area contributed by atoms with Gasteiger partial charge in [-0.3, -0.25) is 4.79 Å². The van der Waals surface area contributed by atoms with Gasteiger partial charge in [0.05, 0.1) is 12.7 Å². The van der Waals surface area contributed by atoms with Gasteiger partial charge in [0.1, 0.15) is 19.0 Å². The van der Waals surface area contributed by atoms with E-state index < -0.39 is 18.0 Å². The Kier molecular flexibility index (Phi) is 5.26. The molecule has 0 spiro atoms. The first kappa shape index (κ1) is 17.6. The molecular formula is C19H19NO6. The fourth-order valence-corrected chi connectivity index (χ4v) is 2.40. The first-order valence-corrected chi connectivity index (χ1v) is 8.12. The Morgan fingerprint density at radius 3 is 2.62 bits per heavy atom. The molecule has 7 nitrogen and oxygen atoms in total. The number of hydrogen-bond acceptors (Lipinski definition) is 6. The van der Waals surface area contributed by atoms with Crippen LogP contribution >= 0.6 is 0 Å². The summed E-state index contributed by atoms with van der Waals surface area (Å²) in [6.07, 6.45) is -0.970. The molecule has 1 atom stereocenters. The quantitative estimate of drug-likeness (QED) is 0.829. The highest BCUT2D eigenvalue weighted by molar-refractivity contribution is 5.97. The van der Waals surface area contributed by atoms with Crippen LogP contribution in [0.2, 0.25) is 0 Å². The number of rotatable bonds is 5. The predicted octanol–water partition coefficient (Wildman–Crippen LogP) is 2.65. The molecule has 1 heterocycles. The fourth-order valence-electron chi connectivity index (χ4n) is 2.40. The highest BCUT2D eigenvalue weighted by atomic mass is 16.6. The first-order chi connectivity index (χ1) is 12.6. The Bertz CT molecular complexity index is 819. The molecule has 0 fully saturated rings. The van der Waals surface area contributed by atoms with Crippen LogP contribution in [0.3, 0.4) is 0 Å². The zero-order valence-electron chi connectivity index (χ0n) is 14.5. The minimum atomic E-state index is -0.970. The van der Waals surface area contributed by atoms with Crippen molar-refractivity contribution in [2.75, 3.05) is 25.6 Å². The summed E-state index contributed by atoms with van der Waals surface area (Å²) in [4.78, 5) is 24.5. The number of methoxy groups -OCH3 is 1. The first-order valence-electron chi connectivity index (χ1n) is 8.12. The zero-order chi connectivity index (χ0) is 18.5. The topological polar surface area (TPSA) is 83.1 Å². The van der Waals surface area contributed by atoms with E-state index in [0.29, 0.717) is 36.1 Å². The van der Waals surface area contributed by atoms with Crippen molar-refractivity contribution >= 4 is 17.6 Å². The van der Waals surface area contributed by atoms with E-state index in [9.17, 15) is 9.59 Å². The maximum atomic E-state index is 12.3. The van der Waals surface area contributed by atoms with E-state index in [-0.39, 0.29) is 5.56 Å². The number of nitrogens with one attached hydrogen (secondary N) is 1. The molecule has 7 heteroatoms. The molecule has 1 amide bonds. The van der Waals surface area contributed by atoms with E-state index in [1.807, 2.05) is 0 Å². The smallest absolute Gasteiger partial charge is 0.339 e. The molecule has 0 saturated heterocycles. The molecule has 0 bridgehead atoms. The van der Waals surface area contributed by atoms with Gasteiger partial charge in [0.25, 0.3) is 5.91 Å². The number of hydrogen-bond donors (Lipinski definition) is 1. The molecule has 3 rings (SSSR count). The molecule has 1 N–H and O–H groups in total. The van der Waals surface area contributed by atoms with E-state index >= 15 is 0 Å². The van der Waals surface area contributed by atoms with Crippen LogP contribution in [0.4, 0.5) is 5.69 Å². The number of ether oxygens (including phenoxy) is 4.